The summed E-state index contributed by atoms with van der Waals surface area (Å²) in [6, 6.07) is 0. The Morgan fingerprint density at radius 2 is 1.41 bits per heavy atom. The van der Waals surface area contributed by atoms with E-state index in [0.717, 1.165) is 38.5 Å². The van der Waals surface area contributed by atoms with Crippen molar-refractivity contribution in [3.05, 3.63) is 0 Å². The first kappa shape index (κ1) is 16.5. The summed E-state index contributed by atoms with van der Waals surface area (Å²) >= 11 is 0. The fourth-order valence-electron chi connectivity index (χ4n) is 2.43. The second-order valence-electron chi connectivity index (χ2n) is 5.21. The normalized spacial score (nSPS) is 14.5. The largest absolute Gasteiger partial charge is 0.481 e. The molecule has 1 N–H and O–H groups in total. The van der Waals surface area contributed by atoms with Gasteiger partial charge in [-0.05, 0) is 19.3 Å². The quantitative estimate of drug-likeness (QED) is 0.517. The molecule has 0 heterocycles. The van der Waals surface area contributed by atoms with Crippen molar-refractivity contribution in [1.29, 1.82) is 0 Å². The lowest BCUT2D eigenvalue weighted by Crippen LogP contribution is -2.30. The molecule has 0 aromatic carbocycles. The Balaban J connectivity index is 4.13. The molecule has 1 unspecified atom stereocenters. The van der Waals surface area contributed by atoms with Gasteiger partial charge in [-0.3, -0.25) is 4.79 Å². The molecule has 2 nitrogen and oxygen atoms in total. The summed E-state index contributed by atoms with van der Waals surface area (Å²) in [4.78, 5) is 11.5. The van der Waals surface area contributed by atoms with Crippen LogP contribution >= 0.6 is 0 Å². The monoisotopic (exact) mass is 242 g/mol. The van der Waals surface area contributed by atoms with Crippen LogP contribution in [0.1, 0.15) is 85.0 Å². The Labute approximate surface area is 107 Å². The smallest absolute Gasteiger partial charge is 0.309 e. The number of aliphatic carboxylic acids is 1. The van der Waals surface area contributed by atoms with Crippen molar-refractivity contribution < 1.29 is 9.90 Å². The van der Waals surface area contributed by atoms with Crippen molar-refractivity contribution in [3.63, 3.8) is 0 Å². The maximum atomic E-state index is 11.5. The summed E-state index contributed by atoms with van der Waals surface area (Å²) < 4.78 is 0. The Morgan fingerprint density at radius 1 is 0.882 bits per heavy atom. The summed E-state index contributed by atoms with van der Waals surface area (Å²) in [5.74, 6) is -0.580. The molecule has 0 rings (SSSR count). The van der Waals surface area contributed by atoms with Gasteiger partial charge in [0, 0.05) is 0 Å². The number of unbranched alkanes of at least 4 members (excludes halogenated alkanes) is 5. The number of rotatable bonds is 11. The molecule has 0 amide bonds. The van der Waals surface area contributed by atoms with Gasteiger partial charge in [0.25, 0.3) is 0 Å². The predicted molar refractivity (Wildman–Crippen MR) is 73.3 cm³/mol. The van der Waals surface area contributed by atoms with Crippen molar-refractivity contribution in [1.82, 2.24) is 0 Å². The molecule has 0 radical (unpaired) electrons. The summed E-state index contributed by atoms with van der Waals surface area (Å²) in [7, 11) is 0. The van der Waals surface area contributed by atoms with Crippen molar-refractivity contribution in [2.45, 2.75) is 85.0 Å². The average molecular weight is 242 g/mol. The molecular weight excluding hydrogens is 212 g/mol. The molecule has 0 saturated carbocycles. The minimum Gasteiger partial charge on any atom is -0.481 e. The lowest BCUT2D eigenvalue weighted by Gasteiger charge is -2.28. The Bertz CT molecular complexity index is 201. The van der Waals surface area contributed by atoms with Crippen LogP contribution in [0, 0.1) is 5.41 Å². The fourth-order valence-corrected chi connectivity index (χ4v) is 2.43. The van der Waals surface area contributed by atoms with Gasteiger partial charge >= 0.3 is 5.97 Å². The predicted octanol–water partition coefficient (Wildman–Crippen LogP) is 5.02. The average Bonchev–Trinajstić information content (AvgIpc) is 2.32. The number of carboxylic acids is 1. The van der Waals surface area contributed by atoms with E-state index >= 15 is 0 Å². The highest BCUT2D eigenvalue weighted by atomic mass is 16.4. The fraction of sp³-hybridized carbons (Fsp3) is 0.933. The molecule has 0 aliphatic carbocycles. The van der Waals surface area contributed by atoms with E-state index in [-0.39, 0.29) is 0 Å². The van der Waals surface area contributed by atoms with Crippen LogP contribution in [0.2, 0.25) is 0 Å². The molecule has 0 aromatic rings. The highest BCUT2D eigenvalue weighted by molar-refractivity contribution is 5.74. The van der Waals surface area contributed by atoms with E-state index in [2.05, 4.69) is 13.8 Å². The lowest BCUT2D eigenvalue weighted by molar-refractivity contribution is -0.150. The zero-order chi connectivity index (χ0) is 13.1. The van der Waals surface area contributed by atoms with Crippen LogP contribution < -0.4 is 0 Å². The van der Waals surface area contributed by atoms with Gasteiger partial charge in [-0.15, -0.1) is 0 Å². The van der Waals surface area contributed by atoms with Crippen molar-refractivity contribution in [2.24, 2.45) is 5.41 Å². The summed E-state index contributed by atoms with van der Waals surface area (Å²) in [6.45, 7) is 6.36. The van der Waals surface area contributed by atoms with E-state index in [0.29, 0.717) is 0 Å². The van der Waals surface area contributed by atoms with E-state index in [9.17, 15) is 9.90 Å². The molecule has 0 spiro atoms. The molecule has 1 atom stereocenters. The summed E-state index contributed by atoms with van der Waals surface area (Å²) in [6.07, 6.45) is 10.7. The second-order valence-corrected chi connectivity index (χ2v) is 5.21. The molecule has 2 heteroatoms. The number of carbonyl (C=O) groups is 1. The third-order valence-corrected chi connectivity index (χ3v) is 3.90. The van der Waals surface area contributed by atoms with E-state index in [1.54, 1.807) is 0 Å². The van der Waals surface area contributed by atoms with Crippen LogP contribution in [0.3, 0.4) is 0 Å². The topological polar surface area (TPSA) is 37.3 Å². The van der Waals surface area contributed by atoms with Gasteiger partial charge in [0.05, 0.1) is 5.41 Å². The molecule has 0 aliphatic heterocycles. The molecule has 0 aromatic heterocycles. The highest BCUT2D eigenvalue weighted by Crippen LogP contribution is 2.35. The lowest BCUT2D eigenvalue weighted by atomic mass is 9.76. The van der Waals surface area contributed by atoms with E-state index < -0.39 is 11.4 Å². The summed E-state index contributed by atoms with van der Waals surface area (Å²) in [5, 5.41) is 9.45. The van der Waals surface area contributed by atoms with Crippen LogP contribution in [-0.4, -0.2) is 11.1 Å². The zero-order valence-corrected chi connectivity index (χ0v) is 11.9. The number of carboxylic acid groups (broad SMARTS) is 1. The van der Waals surface area contributed by atoms with Gasteiger partial charge in [-0.2, -0.15) is 0 Å². The standard InChI is InChI=1S/C15H30O2/c1-4-7-9-10-11-13-15(6-3,14(16)17)12-8-5-2/h4-13H2,1-3H3,(H,16,17). The van der Waals surface area contributed by atoms with Gasteiger partial charge in [0.2, 0.25) is 0 Å². The van der Waals surface area contributed by atoms with E-state index in [4.69, 9.17) is 0 Å². The van der Waals surface area contributed by atoms with Crippen molar-refractivity contribution >= 4 is 5.97 Å². The molecule has 0 saturated heterocycles. The molecule has 102 valence electrons. The molecule has 0 aliphatic rings. The first-order valence-electron chi connectivity index (χ1n) is 7.36. The first-order chi connectivity index (χ1) is 8.13. The second kappa shape index (κ2) is 9.49. The first-order valence-corrected chi connectivity index (χ1v) is 7.36. The van der Waals surface area contributed by atoms with E-state index in [1.165, 1.54) is 25.7 Å². The van der Waals surface area contributed by atoms with Crippen LogP contribution in [0.15, 0.2) is 0 Å². The zero-order valence-electron chi connectivity index (χ0n) is 11.9. The Hall–Kier alpha value is -0.530. The van der Waals surface area contributed by atoms with Crippen LogP contribution in [-0.2, 0) is 4.79 Å². The SMILES string of the molecule is CCCCCCCC(CC)(CCCC)C(=O)O. The van der Waals surface area contributed by atoms with Gasteiger partial charge in [-0.25, -0.2) is 0 Å². The minimum absolute atomic E-state index is 0.442. The maximum Gasteiger partial charge on any atom is 0.309 e. The van der Waals surface area contributed by atoms with Gasteiger partial charge in [0.1, 0.15) is 0 Å². The Morgan fingerprint density at radius 3 is 1.88 bits per heavy atom. The number of hydrogen-bond acceptors (Lipinski definition) is 1. The van der Waals surface area contributed by atoms with E-state index in [1.807, 2.05) is 6.92 Å². The Kier molecular flexibility index (Phi) is 9.20. The number of hydrogen-bond donors (Lipinski definition) is 1. The third-order valence-electron chi connectivity index (χ3n) is 3.90. The summed E-state index contributed by atoms with van der Waals surface area (Å²) in [5.41, 5.74) is -0.442. The maximum absolute atomic E-state index is 11.5. The van der Waals surface area contributed by atoms with Gasteiger partial charge in [-0.1, -0.05) is 65.7 Å². The van der Waals surface area contributed by atoms with Crippen LogP contribution in [0.4, 0.5) is 0 Å². The molecule has 0 fully saturated rings. The van der Waals surface area contributed by atoms with Crippen molar-refractivity contribution in [3.8, 4) is 0 Å². The molecule has 17 heavy (non-hydrogen) atoms. The molecule has 0 bridgehead atoms. The highest BCUT2D eigenvalue weighted by Gasteiger charge is 2.34. The van der Waals surface area contributed by atoms with Crippen LogP contribution in [0.25, 0.3) is 0 Å². The van der Waals surface area contributed by atoms with Gasteiger partial charge < -0.3 is 5.11 Å². The molecular formula is C15H30O2. The van der Waals surface area contributed by atoms with Crippen molar-refractivity contribution in [2.75, 3.05) is 0 Å². The van der Waals surface area contributed by atoms with Gasteiger partial charge in [0.15, 0.2) is 0 Å². The third kappa shape index (κ3) is 6.09. The minimum atomic E-state index is -0.580. The van der Waals surface area contributed by atoms with Crippen LogP contribution in [0.5, 0.6) is 0 Å².